The van der Waals surface area contributed by atoms with E-state index in [0.717, 1.165) is 24.8 Å². The lowest BCUT2D eigenvalue weighted by molar-refractivity contribution is -0.000144. The third-order valence-electron chi connectivity index (χ3n) is 5.47. The van der Waals surface area contributed by atoms with Gasteiger partial charge in [0.15, 0.2) is 0 Å². The summed E-state index contributed by atoms with van der Waals surface area (Å²) in [6.45, 7) is 7.25. The maximum Gasteiger partial charge on any atom is 0.123 e. The van der Waals surface area contributed by atoms with E-state index in [1.807, 2.05) is 0 Å². The molecule has 0 spiro atoms. The van der Waals surface area contributed by atoms with Crippen LogP contribution in [0.2, 0.25) is 0 Å². The molecule has 0 aliphatic carbocycles. The number of fused-ring (bicyclic) bond motifs is 2. The zero-order chi connectivity index (χ0) is 14.2. The number of hydrogen-bond donors (Lipinski definition) is 0. The molecule has 1 aromatic rings. The fraction of sp³-hybridized carbons (Fsp3) is 0.667. The first-order valence-corrected chi connectivity index (χ1v) is 8.52. The molecule has 0 radical (unpaired) electrons. The summed E-state index contributed by atoms with van der Waals surface area (Å²) in [5.74, 6) is 1.10. The first-order chi connectivity index (χ1) is 10.3. The molecule has 0 bridgehead atoms. The van der Waals surface area contributed by atoms with Gasteiger partial charge >= 0.3 is 0 Å². The molecule has 3 heterocycles. The molecule has 2 fully saturated rings. The van der Waals surface area contributed by atoms with E-state index in [-0.39, 0.29) is 0 Å². The van der Waals surface area contributed by atoms with Gasteiger partial charge in [0.25, 0.3) is 0 Å². The largest absolute Gasteiger partial charge is 0.488 e. The molecule has 3 nitrogen and oxygen atoms in total. The molecule has 114 valence electrons. The van der Waals surface area contributed by atoms with Gasteiger partial charge in [-0.25, -0.2) is 0 Å². The number of nitrogens with zero attached hydrogens (tertiary/aromatic N) is 2. The van der Waals surface area contributed by atoms with E-state index in [1.54, 1.807) is 0 Å². The maximum absolute atomic E-state index is 6.14. The van der Waals surface area contributed by atoms with Crippen LogP contribution in [0.3, 0.4) is 0 Å². The predicted molar refractivity (Wildman–Crippen MR) is 84.8 cm³/mol. The van der Waals surface area contributed by atoms with E-state index in [4.69, 9.17) is 4.74 Å². The molecule has 0 aromatic heterocycles. The Morgan fingerprint density at radius 3 is 3.00 bits per heavy atom. The second-order valence-corrected chi connectivity index (χ2v) is 7.00. The van der Waals surface area contributed by atoms with Gasteiger partial charge in [-0.3, -0.25) is 9.80 Å². The summed E-state index contributed by atoms with van der Waals surface area (Å²) in [5.41, 5.74) is 1.38. The van der Waals surface area contributed by atoms with Crippen molar-refractivity contribution in [2.45, 2.75) is 50.8 Å². The molecule has 2 saturated heterocycles. The third-order valence-corrected chi connectivity index (χ3v) is 5.47. The first kappa shape index (κ1) is 13.6. The number of piperazine rings is 1. The molecular weight excluding hydrogens is 260 g/mol. The van der Waals surface area contributed by atoms with Crippen LogP contribution in [-0.4, -0.2) is 54.2 Å². The molecule has 3 atom stereocenters. The van der Waals surface area contributed by atoms with Crippen LogP contribution < -0.4 is 4.74 Å². The van der Waals surface area contributed by atoms with Crippen molar-refractivity contribution in [3.8, 4) is 5.75 Å². The molecule has 3 heteroatoms. The van der Waals surface area contributed by atoms with Crippen molar-refractivity contribution in [1.82, 2.24) is 9.80 Å². The Morgan fingerprint density at radius 1 is 1.19 bits per heavy atom. The van der Waals surface area contributed by atoms with Crippen molar-refractivity contribution in [3.05, 3.63) is 29.8 Å². The van der Waals surface area contributed by atoms with Crippen molar-refractivity contribution >= 4 is 0 Å². The lowest BCUT2D eigenvalue weighted by atomic mass is 9.96. The van der Waals surface area contributed by atoms with Gasteiger partial charge in [-0.2, -0.15) is 0 Å². The molecular formula is C18H26N2O. The van der Waals surface area contributed by atoms with E-state index >= 15 is 0 Å². The van der Waals surface area contributed by atoms with Gasteiger partial charge in [0.1, 0.15) is 11.9 Å². The number of benzene rings is 1. The molecule has 0 saturated carbocycles. The highest BCUT2D eigenvalue weighted by molar-refractivity contribution is 5.37. The summed E-state index contributed by atoms with van der Waals surface area (Å²) >= 11 is 0. The van der Waals surface area contributed by atoms with E-state index < -0.39 is 0 Å². The van der Waals surface area contributed by atoms with Crippen molar-refractivity contribution in [1.29, 1.82) is 0 Å². The van der Waals surface area contributed by atoms with Crippen LogP contribution in [0.15, 0.2) is 24.3 Å². The molecule has 3 aliphatic rings. The summed E-state index contributed by atoms with van der Waals surface area (Å²) in [4.78, 5) is 5.39. The second kappa shape index (κ2) is 5.62. The second-order valence-electron chi connectivity index (χ2n) is 7.00. The van der Waals surface area contributed by atoms with E-state index in [9.17, 15) is 0 Å². The van der Waals surface area contributed by atoms with E-state index in [0.29, 0.717) is 12.1 Å². The van der Waals surface area contributed by atoms with Crippen LogP contribution in [0.1, 0.15) is 31.7 Å². The standard InChI is InChI=1S/C18H26N2O/c1-14-11-19-9-5-4-7-16(19)12-20(14)13-17-10-15-6-2-3-8-18(15)21-17/h2-3,6,8,14,16-17H,4-5,7,9-13H2,1H3. The lowest BCUT2D eigenvalue weighted by Crippen LogP contribution is -2.60. The van der Waals surface area contributed by atoms with Crippen LogP contribution in [0.5, 0.6) is 5.75 Å². The van der Waals surface area contributed by atoms with E-state index in [2.05, 4.69) is 41.0 Å². The zero-order valence-electron chi connectivity index (χ0n) is 13.0. The van der Waals surface area contributed by atoms with Crippen LogP contribution in [0, 0.1) is 0 Å². The average Bonchev–Trinajstić information content (AvgIpc) is 2.90. The average molecular weight is 286 g/mol. The molecule has 21 heavy (non-hydrogen) atoms. The Hall–Kier alpha value is -1.06. The highest BCUT2D eigenvalue weighted by Crippen LogP contribution is 2.30. The molecule has 0 N–H and O–H groups in total. The normalized spacial score (nSPS) is 33.3. The Kier molecular flexibility index (Phi) is 3.64. The third kappa shape index (κ3) is 2.69. The summed E-state index contributed by atoms with van der Waals surface area (Å²) in [6, 6.07) is 9.96. The SMILES string of the molecule is CC1CN2CCCCC2CN1CC1Cc2ccccc2O1. The molecule has 3 aliphatic heterocycles. The van der Waals surface area contributed by atoms with Crippen LogP contribution in [-0.2, 0) is 6.42 Å². The van der Waals surface area contributed by atoms with Gasteiger partial charge in [0.2, 0.25) is 0 Å². The van der Waals surface area contributed by atoms with E-state index in [1.165, 1.54) is 44.5 Å². The van der Waals surface area contributed by atoms with Crippen LogP contribution >= 0.6 is 0 Å². The number of ether oxygens (including phenoxy) is 1. The Labute approximate surface area is 127 Å². The Bertz CT molecular complexity index is 479. The molecule has 3 unspecified atom stereocenters. The van der Waals surface area contributed by atoms with Gasteiger partial charge < -0.3 is 4.74 Å². The minimum absolute atomic E-state index is 0.347. The van der Waals surface area contributed by atoms with Gasteiger partial charge in [-0.05, 0) is 37.9 Å². The molecule has 4 rings (SSSR count). The van der Waals surface area contributed by atoms with Gasteiger partial charge in [-0.1, -0.05) is 24.6 Å². The van der Waals surface area contributed by atoms with Gasteiger partial charge in [-0.15, -0.1) is 0 Å². The van der Waals surface area contributed by atoms with Crippen molar-refractivity contribution in [2.75, 3.05) is 26.2 Å². The summed E-state index contributed by atoms with van der Waals surface area (Å²) < 4.78 is 6.14. The van der Waals surface area contributed by atoms with Crippen LogP contribution in [0.25, 0.3) is 0 Å². The van der Waals surface area contributed by atoms with Crippen LogP contribution in [0.4, 0.5) is 0 Å². The molecule has 0 amide bonds. The first-order valence-electron chi connectivity index (χ1n) is 8.52. The fourth-order valence-corrected chi connectivity index (χ4v) is 4.28. The minimum atomic E-state index is 0.347. The smallest absolute Gasteiger partial charge is 0.123 e. The predicted octanol–water partition coefficient (Wildman–Crippen LogP) is 2.55. The Balaban J connectivity index is 1.39. The number of hydrogen-bond acceptors (Lipinski definition) is 3. The topological polar surface area (TPSA) is 15.7 Å². The number of rotatable bonds is 2. The number of para-hydroxylation sites is 1. The highest BCUT2D eigenvalue weighted by atomic mass is 16.5. The monoisotopic (exact) mass is 286 g/mol. The summed E-state index contributed by atoms with van der Waals surface area (Å²) in [6.07, 6.45) is 5.61. The van der Waals surface area contributed by atoms with Crippen molar-refractivity contribution < 1.29 is 4.74 Å². The maximum atomic E-state index is 6.14. The zero-order valence-corrected chi connectivity index (χ0v) is 13.0. The summed E-state index contributed by atoms with van der Waals surface area (Å²) in [7, 11) is 0. The molecule has 1 aromatic carbocycles. The van der Waals surface area contributed by atoms with Gasteiger partial charge in [0, 0.05) is 38.1 Å². The number of piperidine rings is 1. The fourth-order valence-electron chi connectivity index (χ4n) is 4.28. The van der Waals surface area contributed by atoms with Gasteiger partial charge in [0.05, 0.1) is 0 Å². The minimum Gasteiger partial charge on any atom is -0.488 e. The highest BCUT2D eigenvalue weighted by Gasteiger charge is 2.35. The quantitative estimate of drug-likeness (QED) is 0.831. The lowest BCUT2D eigenvalue weighted by Gasteiger charge is -2.48. The Morgan fingerprint density at radius 2 is 2.10 bits per heavy atom. The van der Waals surface area contributed by atoms with Crippen molar-refractivity contribution in [2.24, 2.45) is 0 Å². The van der Waals surface area contributed by atoms with Crippen molar-refractivity contribution in [3.63, 3.8) is 0 Å². The summed E-state index contributed by atoms with van der Waals surface area (Å²) in [5, 5.41) is 0.